The van der Waals surface area contributed by atoms with Crippen molar-refractivity contribution in [1.82, 2.24) is 19.8 Å². The first-order valence-corrected chi connectivity index (χ1v) is 18.2. The Bertz CT molecular complexity index is 1610. The average Bonchev–Trinajstić information content (AvgIpc) is 3.66. The fraction of sp³-hybridized carbons (Fsp3) is 0.512. The fourth-order valence-electron chi connectivity index (χ4n) is 6.97. The monoisotopic (exact) mass is 684 g/mol. The van der Waals surface area contributed by atoms with Crippen LogP contribution >= 0.6 is 0 Å². The number of piperidine rings is 2. The van der Waals surface area contributed by atoms with Crippen molar-refractivity contribution < 1.29 is 22.8 Å². The van der Waals surface area contributed by atoms with Gasteiger partial charge in [0, 0.05) is 37.3 Å². The van der Waals surface area contributed by atoms with Gasteiger partial charge in [0.2, 0.25) is 23.6 Å². The molecule has 0 saturated carbocycles. The Morgan fingerprint density at radius 1 is 0.700 bits per heavy atom. The molecule has 50 heavy (non-hydrogen) atoms. The molecule has 4 aromatic rings. The van der Waals surface area contributed by atoms with E-state index in [0.29, 0.717) is 53.0 Å². The molecule has 2 amide bonds. The minimum atomic E-state index is -0.334. The quantitative estimate of drug-likeness (QED) is 0.185. The van der Waals surface area contributed by atoms with Crippen molar-refractivity contribution in [2.24, 2.45) is 23.7 Å². The Kier molecular flexibility index (Phi) is 12.3. The SMILES string of the molecule is Cc1cccc(-c2nc(CC(=O)N3CCC(C(C)C)CC3)c(C)o2)c1.Cc1oc(-c2cccc(F)c2)nc1CC(=O)N1CCC(C(C)C)CC1. The second-order valence-corrected chi connectivity index (χ2v) is 14.7. The number of nitrogens with zero attached hydrogens (tertiary/aromatic N) is 4. The molecular weight excluding hydrogens is 631 g/mol. The second-order valence-electron chi connectivity index (χ2n) is 14.7. The van der Waals surface area contributed by atoms with E-state index in [1.54, 1.807) is 19.1 Å². The Balaban J connectivity index is 0.000000194. The fourth-order valence-corrected chi connectivity index (χ4v) is 6.97. The number of benzene rings is 2. The number of likely N-dealkylation sites (tertiary alicyclic amines) is 2. The molecule has 0 bridgehead atoms. The maximum Gasteiger partial charge on any atom is 0.228 e. The van der Waals surface area contributed by atoms with Crippen molar-refractivity contribution in [3.8, 4) is 22.9 Å². The number of carbonyl (C=O) groups is 2. The number of oxazole rings is 2. The van der Waals surface area contributed by atoms with E-state index in [-0.39, 0.29) is 24.1 Å². The van der Waals surface area contributed by atoms with Crippen LogP contribution in [0.3, 0.4) is 0 Å². The molecule has 0 unspecified atom stereocenters. The Hall–Kier alpha value is -4.27. The summed E-state index contributed by atoms with van der Waals surface area (Å²) in [6.45, 7) is 18.1. The maximum atomic E-state index is 13.4. The Morgan fingerprint density at radius 2 is 1.12 bits per heavy atom. The predicted octanol–water partition coefficient (Wildman–Crippen LogP) is 8.62. The summed E-state index contributed by atoms with van der Waals surface area (Å²) in [5, 5.41) is 0. The number of halogens is 1. The van der Waals surface area contributed by atoms with E-state index in [0.717, 1.165) is 74.8 Å². The lowest BCUT2D eigenvalue weighted by atomic mass is 9.86. The second kappa shape index (κ2) is 16.6. The molecular formula is C41H53FN4O4. The van der Waals surface area contributed by atoms with Gasteiger partial charge in [-0.2, -0.15) is 0 Å². The lowest BCUT2D eigenvalue weighted by molar-refractivity contribution is -0.132. The van der Waals surface area contributed by atoms with Gasteiger partial charge in [-0.1, -0.05) is 51.5 Å². The highest BCUT2D eigenvalue weighted by Crippen LogP contribution is 2.28. The van der Waals surface area contributed by atoms with Crippen LogP contribution in [-0.2, 0) is 22.4 Å². The Morgan fingerprint density at radius 3 is 1.52 bits per heavy atom. The normalized spacial score (nSPS) is 15.8. The topological polar surface area (TPSA) is 92.7 Å². The van der Waals surface area contributed by atoms with E-state index in [9.17, 15) is 14.0 Å². The van der Waals surface area contributed by atoms with Gasteiger partial charge in [-0.05, 0) is 100 Å². The van der Waals surface area contributed by atoms with E-state index in [1.165, 1.54) is 17.7 Å². The van der Waals surface area contributed by atoms with Crippen molar-refractivity contribution in [2.45, 2.75) is 87.0 Å². The van der Waals surface area contributed by atoms with Gasteiger partial charge < -0.3 is 18.6 Å². The Labute approximate surface area is 296 Å². The summed E-state index contributed by atoms with van der Waals surface area (Å²) >= 11 is 0. The zero-order valence-electron chi connectivity index (χ0n) is 30.8. The maximum absolute atomic E-state index is 13.4. The number of hydrogen-bond donors (Lipinski definition) is 0. The van der Waals surface area contributed by atoms with Crippen LogP contribution in [0.15, 0.2) is 57.4 Å². The first-order chi connectivity index (χ1) is 23.9. The molecule has 2 fully saturated rings. The standard InChI is InChI=1S/C21H28N2O2.C20H25FN2O2/c1-14(2)17-8-10-23(11-9-17)20(24)13-19-16(4)25-21(22-19)18-7-5-6-15(3)12-18;1-13(2)15-7-9-23(10-8-15)19(24)12-18-14(3)25-20(22-18)16-5-4-6-17(21)11-16/h5-7,12,14,17H,8-11,13H2,1-4H3;4-6,11,13,15H,7-10,12H2,1-3H3. The molecule has 0 atom stereocenters. The van der Waals surface area contributed by atoms with Crippen LogP contribution < -0.4 is 0 Å². The van der Waals surface area contributed by atoms with Gasteiger partial charge in [-0.3, -0.25) is 9.59 Å². The summed E-state index contributed by atoms with van der Waals surface area (Å²) in [5.41, 5.74) is 4.10. The van der Waals surface area contributed by atoms with Gasteiger partial charge in [0.05, 0.1) is 24.2 Å². The molecule has 2 aromatic heterocycles. The van der Waals surface area contributed by atoms with Crippen molar-refractivity contribution in [3.05, 3.63) is 82.8 Å². The average molecular weight is 685 g/mol. The molecule has 2 aromatic carbocycles. The molecule has 268 valence electrons. The van der Waals surface area contributed by atoms with Crippen LogP contribution in [0.4, 0.5) is 4.39 Å². The van der Waals surface area contributed by atoms with Crippen LogP contribution in [0, 0.1) is 50.3 Å². The molecule has 4 heterocycles. The number of hydrogen-bond acceptors (Lipinski definition) is 6. The molecule has 2 saturated heterocycles. The number of aromatic nitrogens is 2. The van der Waals surface area contributed by atoms with E-state index < -0.39 is 0 Å². The van der Waals surface area contributed by atoms with Crippen LogP contribution in [0.2, 0.25) is 0 Å². The largest absolute Gasteiger partial charge is 0.441 e. The lowest BCUT2D eigenvalue weighted by Gasteiger charge is -2.33. The van der Waals surface area contributed by atoms with Gasteiger partial charge >= 0.3 is 0 Å². The van der Waals surface area contributed by atoms with Gasteiger partial charge in [-0.25, -0.2) is 14.4 Å². The number of carbonyl (C=O) groups excluding carboxylic acids is 2. The van der Waals surface area contributed by atoms with Crippen molar-refractivity contribution in [1.29, 1.82) is 0 Å². The summed E-state index contributed by atoms with van der Waals surface area (Å²) < 4.78 is 24.8. The van der Waals surface area contributed by atoms with E-state index in [2.05, 4.69) is 37.7 Å². The highest BCUT2D eigenvalue weighted by Gasteiger charge is 2.27. The molecule has 0 N–H and O–H groups in total. The number of aryl methyl sites for hydroxylation is 3. The molecule has 2 aliphatic rings. The van der Waals surface area contributed by atoms with Crippen LogP contribution in [0.5, 0.6) is 0 Å². The summed E-state index contributed by atoms with van der Waals surface area (Å²) in [6.07, 6.45) is 4.90. The molecule has 0 radical (unpaired) electrons. The van der Waals surface area contributed by atoms with Crippen molar-refractivity contribution in [2.75, 3.05) is 26.2 Å². The van der Waals surface area contributed by atoms with Gasteiger partial charge in [0.25, 0.3) is 0 Å². The summed E-state index contributed by atoms with van der Waals surface area (Å²) in [4.78, 5) is 38.1. The number of rotatable bonds is 8. The first kappa shape index (κ1) is 37.0. The molecule has 2 aliphatic heterocycles. The van der Waals surface area contributed by atoms with Crippen LogP contribution in [0.25, 0.3) is 22.9 Å². The molecule has 0 aliphatic carbocycles. The molecule has 6 rings (SSSR count). The van der Waals surface area contributed by atoms with E-state index >= 15 is 0 Å². The van der Waals surface area contributed by atoms with Crippen molar-refractivity contribution in [3.63, 3.8) is 0 Å². The third-order valence-electron chi connectivity index (χ3n) is 10.4. The zero-order valence-corrected chi connectivity index (χ0v) is 30.8. The smallest absolute Gasteiger partial charge is 0.228 e. The van der Waals surface area contributed by atoms with Crippen LogP contribution in [0.1, 0.15) is 81.9 Å². The first-order valence-electron chi connectivity index (χ1n) is 18.2. The summed E-state index contributed by atoms with van der Waals surface area (Å²) in [7, 11) is 0. The minimum absolute atomic E-state index is 0.0874. The zero-order chi connectivity index (χ0) is 35.9. The van der Waals surface area contributed by atoms with Gasteiger partial charge in [0.15, 0.2) is 0 Å². The third-order valence-corrected chi connectivity index (χ3v) is 10.4. The van der Waals surface area contributed by atoms with Gasteiger partial charge in [0.1, 0.15) is 17.3 Å². The summed E-state index contributed by atoms with van der Waals surface area (Å²) in [5.74, 6) is 5.05. The number of amides is 2. The predicted molar refractivity (Wildman–Crippen MR) is 194 cm³/mol. The van der Waals surface area contributed by atoms with E-state index in [1.807, 2.05) is 47.9 Å². The van der Waals surface area contributed by atoms with E-state index in [4.69, 9.17) is 8.83 Å². The lowest BCUT2D eigenvalue weighted by Crippen LogP contribution is -2.40. The summed E-state index contributed by atoms with van der Waals surface area (Å²) in [6, 6.07) is 14.2. The highest BCUT2D eigenvalue weighted by atomic mass is 19.1. The van der Waals surface area contributed by atoms with Crippen LogP contribution in [-0.4, -0.2) is 57.8 Å². The minimum Gasteiger partial charge on any atom is -0.441 e. The molecule has 0 spiro atoms. The third kappa shape index (κ3) is 9.49. The van der Waals surface area contributed by atoms with Crippen molar-refractivity contribution >= 4 is 11.8 Å². The highest BCUT2D eigenvalue weighted by molar-refractivity contribution is 5.79. The molecule has 9 heteroatoms. The molecule has 8 nitrogen and oxygen atoms in total. The van der Waals surface area contributed by atoms with Gasteiger partial charge in [-0.15, -0.1) is 0 Å².